The maximum atomic E-state index is 13.2. The van der Waals surface area contributed by atoms with Crippen LogP contribution in [0.4, 0.5) is 10.8 Å². The van der Waals surface area contributed by atoms with Crippen LogP contribution in [0, 0.1) is 0 Å². The summed E-state index contributed by atoms with van der Waals surface area (Å²) >= 11 is 1.49. The van der Waals surface area contributed by atoms with E-state index in [9.17, 15) is 9.59 Å². The molecule has 7 heteroatoms. The fraction of sp³-hybridized carbons (Fsp3) is 0.780. The third kappa shape index (κ3) is 20.4. The number of carbonyl (C=O) groups excluding carboxylic acids is 2. The molecule has 2 aromatic heterocycles. The molecule has 0 atom stereocenters. The number of aromatic nitrogens is 2. The van der Waals surface area contributed by atoms with E-state index in [2.05, 4.69) is 34.9 Å². The van der Waals surface area contributed by atoms with Gasteiger partial charge in [-0.15, -0.1) is 11.3 Å². The molecule has 6 nitrogen and oxygen atoms in total. The lowest BCUT2D eigenvalue weighted by atomic mass is 9.70. The molecule has 0 bridgehead atoms. The van der Waals surface area contributed by atoms with Gasteiger partial charge in [-0.3, -0.25) is 9.59 Å². The van der Waals surface area contributed by atoms with E-state index in [4.69, 9.17) is 4.98 Å². The molecule has 0 aromatic carbocycles. The second-order valence-electron chi connectivity index (χ2n) is 17.1. The number of unbranched alkanes of at least 4 members (excludes halogenated alkanes) is 30. The molecule has 0 unspecified atom stereocenters. The lowest BCUT2D eigenvalue weighted by molar-refractivity contribution is -0.442. The molecule has 57 heavy (non-hydrogen) atoms. The highest BCUT2D eigenvalue weighted by Crippen LogP contribution is 2.43. The minimum absolute atomic E-state index is 0.0586. The second-order valence-corrected chi connectivity index (χ2v) is 18.2. The van der Waals surface area contributed by atoms with Crippen LogP contribution in [-0.4, -0.2) is 45.4 Å². The third-order valence-corrected chi connectivity index (χ3v) is 13.2. The van der Waals surface area contributed by atoms with Gasteiger partial charge in [-0.25, -0.2) is 9.56 Å². The van der Waals surface area contributed by atoms with Gasteiger partial charge in [0.15, 0.2) is 17.8 Å². The molecule has 322 valence electrons. The first kappa shape index (κ1) is 49.0. The topological polar surface area (TPSA) is 75.0 Å². The van der Waals surface area contributed by atoms with Crippen LogP contribution in [0.5, 0.6) is 0 Å². The minimum Gasteiger partial charge on any atom is -0.377 e. The Morgan fingerprint density at radius 1 is 0.544 bits per heavy atom. The van der Waals surface area contributed by atoms with Crippen molar-refractivity contribution in [2.24, 2.45) is 0 Å². The zero-order chi connectivity index (χ0) is 40.6. The molecule has 0 spiro atoms. The number of hydrogen-bond acceptors (Lipinski definition) is 6. The molecule has 1 saturated carbocycles. The highest BCUT2D eigenvalue weighted by atomic mass is 32.1. The fourth-order valence-electron chi connectivity index (χ4n) is 8.39. The van der Waals surface area contributed by atoms with E-state index in [0.717, 1.165) is 41.6 Å². The van der Waals surface area contributed by atoms with Crippen LogP contribution >= 0.6 is 11.3 Å². The minimum atomic E-state index is -0.792. The number of nitrogens with zero attached hydrogens (tertiary/aromatic N) is 3. The van der Waals surface area contributed by atoms with Crippen molar-refractivity contribution >= 4 is 39.9 Å². The van der Waals surface area contributed by atoms with Crippen molar-refractivity contribution in [1.82, 2.24) is 9.97 Å². The van der Waals surface area contributed by atoms with Gasteiger partial charge in [0, 0.05) is 17.8 Å². The highest BCUT2D eigenvalue weighted by Gasteiger charge is 2.52. The summed E-state index contributed by atoms with van der Waals surface area (Å²) in [5.74, 6) is -0.749. The van der Waals surface area contributed by atoms with Crippen molar-refractivity contribution in [1.29, 1.82) is 0 Å². The quantitative estimate of drug-likeness (QED) is 0.0317. The Hall–Kier alpha value is -2.41. The Labute approximate surface area is 354 Å². The number of carbonyl (C=O) groups is 2. The van der Waals surface area contributed by atoms with Crippen LogP contribution in [0.25, 0.3) is 0 Å². The van der Waals surface area contributed by atoms with Crippen molar-refractivity contribution in [2.75, 3.05) is 18.4 Å². The van der Waals surface area contributed by atoms with Crippen molar-refractivity contribution in [2.45, 2.75) is 238 Å². The van der Waals surface area contributed by atoms with Crippen LogP contribution < -0.4 is 5.32 Å². The van der Waals surface area contributed by atoms with Gasteiger partial charge in [0.1, 0.15) is 23.7 Å². The molecule has 0 aliphatic heterocycles. The van der Waals surface area contributed by atoms with E-state index >= 15 is 0 Å². The first-order valence-corrected chi connectivity index (χ1v) is 25.2. The number of thiophene rings is 1. The average Bonchev–Trinajstić information content (AvgIpc) is 3.67. The Balaban J connectivity index is 1.37. The predicted molar refractivity (Wildman–Crippen MR) is 246 cm³/mol. The smallest absolute Gasteiger partial charge is 0.341 e. The number of ketones is 2. The highest BCUT2D eigenvalue weighted by molar-refractivity contribution is 7.16. The SMILES string of the molecule is CCCCCCCCCCCCCCCCCC=[N+](CCCCCCCCCCCCCCCCCC)c1cnc(C2C(=O)C(c3ccc(NCC)s3)C2=O)cn1. The molecule has 0 saturated heterocycles. The largest absolute Gasteiger partial charge is 0.377 e. The maximum Gasteiger partial charge on any atom is 0.341 e. The van der Waals surface area contributed by atoms with Gasteiger partial charge in [-0.1, -0.05) is 194 Å². The van der Waals surface area contributed by atoms with E-state index in [0.29, 0.717) is 5.69 Å². The Bertz CT molecular complexity index is 1320. The normalized spacial score (nSPS) is 15.7. The number of anilines is 1. The van der Waals surface area contributed by atoms with Crippen LogP contribution in [0.2, 0.25) is 0 Å². The molecule has 3 rings (SSSR count). The van der Waals surface area contributed by atoms with E-state index in [1.54, 1.807) is 12.4 Å². The van der Waals surface area contributed by atoms with E-state index in [1.807, 2.05) is 19.1 Å². The summed E-state index contributed by atoms with van der Waals surface area (Å²) in [6.45, 7) is 8.37. The first-order chi connectivity index (χ1) is 28.1. The second kappa shape index (κ2) is 32.4. The zero-order valence-corrected chi connectivity index (χ0v) is 38.0. The molecule has 1 N–H and O–H groups in total. The molecule has 2 heterocycles. The molecular weight excluding hydrogens is 721 g/mol. The van der Waals surface area contributed by atoms with E-state index in [1.165, 1.54) is 204 Å². The van der Waals surface area contributed by atoms with Gasteiger partial charge in [-0.05, 0) is 43.3 Å². The van der Waals surface area contributed by atoms with Crippen molar-refractivity contribution in [3.05, 3.63) is 35.1 Å². The van der Waals surface area contributed by atoms with Crippen molar-refractivity contribution < 1.29 is 14.2 Å². The third-order valence-electron chi connectivity index (χ3n) is 12.1. The Morgan fingerprint density at radius 2 is 0.982 bits per heavy atom. The van der Waals surface area contributed by atoms with E-state index in [-0.39, 0.29) is 11.6 Å². The van der Waals surface area contributed by atoms with E-state index < -0.39 is 11.8 Å². The molecular formula is C50H85N4O2S+. The molecule has 0 amide bonds. The number of Topliss-reactive ketones (excluding diaryl/α,β-unsaturated/α-hetero) is 2. The summed E-state index contributed by atoms with van der Waals surface area (Å²) in [4.78, 5) is 36.6. The summed E-state index contributed by atoms with van der Waals surface area (Å²) in [5, 5.41) is 4.27. The molecule has 2 aromatic rings. The first-order valence-electron chi connectivity index (χ1n) is 24.4. The summed E-state index contributed by atoms with van der Waals surface area (Å²) < 4.78 is 2.28. The van der Waals surface area contributed by atoms with Crippen LogP contribution in [0.1, 0.15) is 249 Å². The zero-order valence-electron chi connectivity index (χ0n) is 37.1. The van der Waals surface area contributed by atoms with Crippen molar-refractivity contribution in [3.63, 3.8) is 0 Å². The molecule has 1 aliphatic carbocycles. The number of nitrogens with one attached hydrogen (secondary N) is 1. The number of hydrogen-bond donors (Lipinski definition) is 1. The lowest BCUT2D eigenvalue weighted by Crippen LogP contribution is -2.44. The monoisotopic (exact) mass is 806 g/mol. The summed E-state index contributed by atoms with van der Waals surface area (Å²) in [6, 6.07) is 3.86. The van der Waals surface area contributed by atoms with Gasteiger partial charge in [-0.2, -0.15) is 0 Å². The fourth-order valence-corrected chi connectivity index (χ4v) is 9.48. The van der Waals surface area contributed by atoms with Crippen LogP contribution in [0.3, 0.4) is 0 Å². The Morgan fingerprint density at radius 3 is 1.40 bits per heavy atom. The van der Waals surface area contributed by atoms with Crippen molar-refractivity contribution in [3.8, 4) is 0 Å². The molecule has 1 fully saturated rings. The summed E-state index contributed by atoms with van der Waals surface area (Å²) in [7, 11) is 0. The molecule has 0 radical (unpaired) electrons. The van der Waals surface area contributed by atoms with Gasteiger partial charge in [0.2, 0.25) is 0 Å². The Kier molecular flexibility index (Phi) is 27.9. The molecule has 1 aliphatic rings. The average molecular weight is 806 g/mol. The number of rotatable bonds is 38. The van der Waals surface area contributed by atoms with Gasteiger partial charge in [0.05, 0.1) is 17.8 Å². The van der Waals surface area contributed by atoms with Crippen LogP contribution in [0.15, 0.2) is 24.5 Å². The summed E-state index contributed by atoms with van der Waals surface area (Å²) in [6.07, 6.45) is 49.4. The van der Waals surface area contributed by atoms with Gasteiger partial charge < -0.3 is 5.32 Å². The standard InChI is InChI=1S/C50H85N4O2S/c1-4-7-9-11-13-15-17-19-21-23-25-27-29-31-33-35-39-54(40-36-34-32-30-28-26-24-22-20-18-16-14-12-10-8-5-2)45-42-52-43(41-53-45)47-49(55)48(50(47)56)44-37-38-46(57-44)51-6-3/h37-39,41-42,47-48,51H,4-36,40H2,1-3H3/q+1. The van der Waals surface area contributed by atoms with Gasteiger partial charge >= 0.3 is 5.82 Å². The van der Waals surface area contributed by atoms with Crippen LogP contribution in [-0.2, 0) is 9.59 Å². The lowest BCUT2D eigenvalue weighted by Gasteiger charge is -2.29. The predicted octanol–water partition coefficient (Wildman–Crippen LogP) is 15.2. The van der Waals surface area contributed by atoms with Gasteiger partial charge in [0.25, 0.3) is 0 Å². The summed E-state index contributed by atoms with van der Waals surface area (Å²) in [5.41, 5.74) is 0.484. The maximum absolute atomic E-state index is 13.2.